The van der Waals surface area contributed by atoms with Gasteiger partial charge in [-0.1, -0.05) is 6.07 Å². The molecule has 4 nitrogen and oxygen atoms in total. The van der Waals surface area contributed by atoms with E-state index >= 15 is 0 Å². The fraction of sp³-hybridized carbons (Fsp3) is 0.600. The second kappa shape index (κ2) is 9.24. The van der Waals surface area contributed by atoms with Gasteiger partial charge in [0.15, 0.2) is 0 Å². The lowest BCUT2D eigenvalue weighted by atomic mass is 9.98. The predicted octanol–water partition coefficient (Wildman–Crippen LogP) is 3.71. The topological polar surface area (TPSA) is 47.7 Å². The molecule has 2 unspecified atom stereocenters. The van der Waals surface area contributed by atoms with Gasteiger partial charge < -0.3 is 15.2 Å². The summed E-state index contributed by atoms with van der Waals surface area (Å²) in [5, 5.41) is 0. The van der Waals surface area contributed by atoms with Gasteiger partial charge in [-0.15, -0.1) is 25.6 Å². The largest absolute Gasteiger partial charge is 0.573 e. The van der Waals surface area contributed by atoms with Crippen molar-refractivity contribution in [2.45, 2.75) is 37.9 Å². The molecule has 9 heteroatoms. The van der Waals surface area contributed by atoms with Crippen molar-refractivity contribution in [2.75, 3.05) is 20.2 Å². The number of nitrogens with two attached hydrogens (primary N) is 1. The van der Waals surface area contributed by atoms with Crippen molar-refractivity contribution in [3.8, 4) is 5.75 Å². The summed E-state index contributed by atoms with van der Waals surface area (Å²) in [6.45, 7) is 2.00. The smallest absolute Gasteiger partial charge is 0.405 e. The molecule has 138 valence electrons. The maximum Gasteiger partial charge on any atom is 0.573 e. The molecule has 2 N–H and O–H groups in total. The van der Waals surface area contributed by atoms with E-state index < -0.39 is 6.36 Å². The summed E-state index contributed by atoms with van der Waals surface area (Å²) in [6, 6.07) is 4.82. The number of hydrogen-bond acceptors (Lipinski definition) is 4. The van der Waals surface area contributed by atoms with E-state index in [4.69, 9.17) is 10.5 Å². The molecule has 1 saturated heterocycles. The highest BCUT2D eigenvalue weighted by atomic mass is 79.9. The number of alkyl halides is 3. The molecule has 1 aromatic rings. The average molecular weight is 434 g/mol. The van der Waals surface area contributed by atoms with Crippen LogP contribution in [-0.4, -0.2) is 43.6 Å². The van der Waals surface area contributed by atoms with Gasteiger partial charge in [0.25, 0.3) is 0 Å². The molecule has 2 atom stereocenters. The Kier molecular flexibility index (Phi) is 8.28. The van der Waals surface area contributed by atoms with E-state index in [-0.39, 0.29) is 34.8 Å². The highest BCUT2D eigenvalue weighted by molar-refractivity contribution is 9.10. The predicted molar refractivity (Wildman–Crippen MR) is 91.4 cm³/mol. The van der Waals surface area contributed by atoms with Crippen molar-refractivity contribution in [3.63, 3.8) is 0 Å². The van der Waals surface area contributed by atoms with Crippen LogP contribution < -0.4 is 10.5 Å². The van der Waals surface area contributed by atoms with Crippen LogP contribution in [0.1, 0.15) is 18.4 Å². The second-order valence-electron chi connectivity index (χ2n) is 5.55. The van der Waals surface area contributed by atoms with Crippen LogP contribution in [0.5, 0.6) is 5.75 Å². The highest BCUT2D eigenvalue weighted by Crippen LogP contribution is 2.32. The van der Waals surface area contributed by atoms with Gasteiger partial charge in [-0.05, 0) is 46.5 Å². The number of likely N-dealkylation sites (tertiary alicyclic amines) is 1. The fourth-order valence-corrected chi connectivity index (χ4v) is 3.32. The molecule has 1 heterocycles. The first-order chi connectivity index (χ1) is 10.8. The van der Waals surface area contributed by atoms with E-state index in [2.05, 4.69) is 25.6 Å². The highest BCUT2D eigenvalue weighted by Gasteiger charge is 2.32. The number of methoxy groups -OCH3 is 1. The molecule has 24 heavy (non-hydrogen) atoms. The fourth-order valence-electron chi connectivity index (χ4n) is 2.81. The molecule has 0 aromatic heterocycles. The first kappa shape index (κ1) is 21.5. The molecular formula is C15H21BrClF3N2O2. The lowest BCUT2D eigenvalue weighted by Gasteiger charge is -2.38. The molecule has 0 radical (unpaired) electrons. The van der Waals surface area contributed by atoms with Crippen LogP contribution in [0, 0.1) is 0 Å². The van der Waals surface area contributed by atoms with Gasteiger partial charge in [0.05, 0.1) is 10.6 Å². The van der Waals surface area contributed by atoms with Crippen LogP contribution in [0.15, 0.2) is 22.7 Å². The molecule has 0 bridgehead atoms. The van der Waals surface area contributed by atoms with E-state index in [1.165, 1.54) is 6.07 Å². The summed E-state index contributed by atoms with van der Waals surface area (Å²) in [4.78, 5) is 2.24. The lowest BCUT2D eigenvalue weighted by molar-refractivity contribution is -0.274. The molecule has 0 spiro atoms. The zero-order chi connectivity index (χ0) is 17.0. The van der Waals surface area contributed by atoms with E-state index in [0.29, 0.717) is 13.1 Å². The van der Waals surface area contributed by atoms with Crippen LogP contribution in [0.3, 0.4) is 0 Å². The molecular weight excluding hydrogens is 413 g/mol. The minimum atomic E-state index is -4.70. The van der Waals surface area contributed by atoms with Gasteiger partial charge in [-0.3, -0.25) is 4.90 Å². The maximum atomic E-state index is 12.3. The number of hydrogen-bond donors (Lipinski definition) is 1. The Morgan fingerprint density at radius 2 is 2.08 bits per heavy atom. The van der Waals surface area contributed by atoms with Gasteiger partial charge in [-0.25, -0.2) is 0 Å². The van der Waals surface area contributed by atoms with Crippen molar-refractivity contribution in [1.29, 1.82) is 0 Å². The summed E-state index contributed by atoms with van der Waals surface area (Å²) in [6.07, 6.45) is -2.70. The molecule has 1 aromatic carbocycles. The van der Waals surface area contributed by atoms with Crippen molar-refractivity contribution < 1.29 is 22.6 Å². The van der Waals surface area contributed by atoms with Crippen LogP contribution >= 0.6 is 28.3 Å². The van der Waals surface area contributed by atoms with E-state index in [1.54, 1.807) is 19.2 Å². The van der Waals surface area contributed by atoms with Crippen LogP contribution in [0.2, 0.25) is 0 Å². The molecule has 0 amide bonds. The van der Waals surface area contributed by atoms with Crippen molar-refractivity contribution in [2.24, 2.45) is 5.73 Å². The zero-order valence-corrected chi connectivity index (χ0v) is 15.6. The number of rotatable bonds is 5. The van der Waals surface area contributed by atoms with E-state index in [1.807, 2.05) is 0 Å². The lowest BCUT2D eigenvalue weighted by Crippen LogP contribution is -2.47. The number of piperidine rings is 1. The minimum Gasteiger partial charge on any atom is -0.405 e. The summed E-state index contributed by atoms with van der Waals surface area (Å²) in [5.41, 5.74) is 6.74. The van der Waals surface area contributed by atoms with Crippen LogP contribution in [0.4, 0.5) is 13.2 Å². The molecule has 1 aliphatic rings. The SMILES string of the molecule is COC1CCN(Cc2ccc(OC(F)(F)F)c(Br)c2)C(CN)C1.Cl. The van der Waals surface area contributed by atoms with E-state index in [0.717, 1.165) is 24.9 Å². The molecule has 1 aliphatic heterocycles. The number of ether oxygens (including phenoxy) is 2. The number of halogens is 5. The summed E-state index contributed by atoms with van der Waals surface area (Å²) in [5.74, 6) is -0.241. The molecule has 2 rings (SSSR count). The Hall–Kier alpha value is -0.540. The first-order valence-electron chi connectivity index (χ1n) is 7.33. The van der Waals surface area contributed by atoms with Gasteiger partial charge in [-0.2, -0.15) is 0 Å². The Morgan fingerprint density at radius 3 is 2.62 bits per heavy atom. The Bertz CT molecular complexity index is 534. The molecule has 1 fully saturated rings. The van der Waals surface area contributed by atoms with E-state index in [9.17, 15) is 13.2 Å². The van der Waals surface area contributed by atoms with Crippen molar-refractivity contribution >= 4 is 28.3 Å². The van der Waals surface area contributed by atoms with Gasteiger partial charge >= 0.3 is 6.36 Å². The van der Waals surface area contributed by atoms with Gasteiger partial charge in [0, 0.05) is 32.8 Å². The standard InChI is InChI=1S/C15H20BrF3N2O2.ClH/c1-22-12-4-5-21(11(7-12)8-20)9-10-2-3-14(13(16)6-10)23-15(17,18)19;/h2-3,6,11-12H,4-5,7-9,20H2,1H3;1H. The molecule has 0 aliphatic carbocycles. The minimum absolute atomic E-state index is 0. The Balaban J connectivity index is 0.00000288. The Labute approximate surface area is 154 Å². The monoisotopic (exact) mass is 432 g/mol. The summed E-state index contributed by atoms with van der Waals surface area (Å²) < 4.78 is 46.5. The van der Waals surface area contributed by atoms with Crippen LogP contribution in [0.25, 0.3) is 0 Å². The van der Waals surface area contributed by atoms with Gasteiger partial charge in [0.2, 0.25) is 0 Å². The normalized spacial score (nSPS) is 22.1. The third-order valence-electron chi connectivity index (χ3n) is 4.00. The number of benzene rings is 1. The summed E-state index contributed by atoms with van der Waals surface area (Å²) >= 11 is 3.13. The Morgan fingerprint density at radius 1 is 1.38 bits per heavy atom. The van der Waals surface area contributed by atoms with Crippen molar-refractivity contribution in [3.05, 3.63) is 28.2 Å². The third kappa shape index (κ3) is 6.07. The molecule has 0 saturated carbocycles. The third-order valence-corrected chi connectivity index (χ3v) is 4.62. The van der Waals surface area contributed by atoms with Crippen LogP contribution in [-0.2, 0) is 11.3 Å². The second-order valence-corrected chi connectivity index (χ2v) is 6.41. The summed E-state index contributed by atoms with van der Waals surface area (Å²) in [7, 11) is 1.70. The van der Waals surface area contributed by atoms with Crippen molar-refractivity contribution in [1.82, 2.24) is 4.90 Å². The first-order valence-corrected chi connectivity index (χ1v) is 8.12. The zero-order valence-electron chi connectivity index (χ0n) is 13.2. The average Bonchev–Trinajstić information content (AvgIpc) is 2.49. The number of nitrogens with zero attached hydrogens (tertiary/aromatic N) is 1. The van der Waals surface area contributed by atoms with Gasteiger partial charge in [0.1, 0.15) is 5.75 Å². The maximum absolute atomic E-state index is 12.3. The quantitative estimate of drug-likeness (QED) is 0.769.